The second-order valence-electron chi connectivity index (χ2n) is 6.76. The van der Waals surface area contributed by atoms with Gasteiger partial charge in [-0.3, -0.25) is 14.9 Å². The van der Waals surface area contributed by atoms with Gasteiger partial charge in [-0.2, -0.15) is 0 Å². The van der Waals surface area contributed by atoms with Crippen molar-refractivity contribution in [3.05, 3.63) is 58.1 Å². The minimum atomic E-state index is -0.538. The molecule has 1 aliphatic carbocycles. The van der Waals surface area contributed by atoms with E-state index in [2.05, 4.69) is 16.0 Å². The molecule has 0 saturated heterocycles. The van der Waals surface area contributed by atoms with Gasteiger partial charge >= 0.3 is 6.03 Å². The number of benzene rings is 2. The van der Waals surface area contributed by atoms with Crippen LogP contribution in [-0.4, -0.2) is 37.0 Å². The lowest BCUT2D eigenvalue weighted by Gasteiger charge is -2.17. The van der Waals surface area contributed by atoms with Crippen molar-refractivity contribution in [1.82, 2.24) is 5.32 Å². The van der Waals surface area contributed by atoms with Crippen LogP contribution in [0.4, 0.5) is 27.5 Å². The Kier molecular flexibility index (Phi) is 5.44. The quantitative estimate of drug-likeness (QED) is 0.523. The fourth-order valence-corrected chi connectivity index (χ4v) is 2.63. The Morgan fingerprint density at radius 2 is 1.64 bits per heavy atom. The average Bonchev–Trinajstić information content (AvgIpc) is 3.46. The average molecular weight is 383 g/mol. The molecule has 0 spiro atoms. The predicted molar refractivity (Wildman–Crippen MR) is 107 cm³/mol. The van der Waals surface area contributed by atoms with E-state index in [1.165, 1.54) is 12.1 Å². The van der Waals surface area contributed by atoms with Crippen molar-refractivity contribution in [2.24, 2.45) is 0 Å². The summed E-state index contributed by atoms with van der Waals surface area (Å²) in [5.41, 5.74) is 1.72. The normalized spacial score (nSPS) is 12.8. The Bertz CT molecular complexity index is 907. The van der Waals surface area contributed by atoms with Gasteiger partial charge in [-0.05, 0) is 43.2 Å². The van der Waals surface area contributed by atoms with Crippen LogP contribution in [-0.2, 0) is 0 Å². The number of carbonyl (C=O) groups excluding carboxylic acids is 2. The molecule has 0 bridgehead atoms. The molecule has 0 atom stereocenters. The molecule has 3 N–H and O–H groups in total. The van der Waals surface area contributed by atoms with E-state index in [1.807, 2.05) is 0 Å². The molecule has 2 aromatic carbocycles. The van der Waals surface area contributed by atoms with Gasteiger partial charge < -0.3 is 20.9 Å². The first-order valence-corrected chi connectivity index (χ1v) is 8.78. The van der Waals surface area contributed by atoms with Gasteiger partial charge in [0.05, 0.1) is 10.5 Å². The lowest BCUT2D eigenvalue weighted by Crippen LogP contribution is -2.30. The van der Waals surface area contributed by atoms with Crippen molar-refractivity contribution in [1.29, 1.82) is 0 Å². The number of urea groups is 1. The van der Waals surface area contributed by atoms with Crippen LogP contribution in [0.15, 0.2) is 42.5 Å². The zero-order chi connectivity index (χ0) is 20.3. The van der Waals surface area contributed by atoms with Crippen LogP contribution in [0.5, 0.6) is 0 Å². The van der Waals surface area contributed by atoms with Crippen molar-refractivity contribution < 1.29 is 14.5 Å². The molecule has 3 rings (SSSR count). The Morgan fingerprint density at radius 1 is 1.04 bits per heavy atom. The highest BCUT2D eigenvalue weighted by molar-refractivity contribution is 6.08. The summed E-state index contributed by atoms with van der Waals surface area (Å²) in [6.45, 7) is 0. The van der Waals surface area contributed by atoms with Gasteiger partial charge in [-0.15, -0.1) is 0 Å². The number of nitro benzene ring substituents is 1. The van der Waals surface area contributed by atoms with Crippen molar-refractivity contribution in [2.75, 3.05) is 29.6 Å². The molecule has 9 nitrogen and oxygen atoms in total. The third-order valence-corrected chi connectivity index (χ3v) is 4.23. The SMILES string of the molecule is CN(C)c1ccc([N+](=O)[O-])cc1C(=O)Nc1ccc(NC(=O)NC2CC2)cc1. The van der Waals surface area contributed by atoms with Crippen LogP contribution in [0.25, 0.3) is 0 Å². The summed E-state index contributed by atoms with van der Waals surface area (Å²) in [6, 6.07) is 10.8. The van der Waals surface area contributed by atoms with E-state index in [1.54, 1.807) is 49.3 Å². The standard InChI is InChI=1S/C19H21N5O4/c1-23(2)17-10-9-15(24(27)28)11-16(17)18(25)20-12-3-5-13(6-4-12)21-19(26)22-14-7-8-14/h3-6,9-11,14H,7-8H2,1-2H3,(H,20,25)(H2,21,22,26). The molecular weight excluding hydrogens is 362 g/mol. The van der Waals surface area contributed by atoms with Crippen molar-refractivity contribution in [2.45, 2.75) is 18.9 Å². The number of nitrogens with zero attached hydrogens (tertiary/aromatic N) is 2. The summed E-state index contributed by atoms with van der Waals surface area (Å²) in [5, 5.41) is 19.3. The fourth-order valence-electron chi connectivity index (χ4n) is 2.63. The van der Waals surface area contributed by atoms with Crippen LogP contribution in [0.2, 0.25) is 0 Å². The van der Waals surface area contributed by atoms with E-state index < -0.39 is 10.8 Å². The number of hydrogen-bond donors (Lipinski definition) is 3. The summed E-state index contributed by atoms with van der Waals surface area (Å²) in [6.07, 6.45) is 2.01. The smallest absolute Gasteiger partial charge is 0.319 e. The largest absolute Gasteiger partial charge is 0.377 e. The molecule has 1 fully saturated rings. The van der Waals surface area contributed by atoms with E-state index in [-0.39, 0.29) is 23.3 Å². The number of carbonyl (C=O) groups is 2. The third-order valence-electron chi connectivity index (χ3n) is 4.23. The second-order valence-corrected chi connectivity index (χ2v) is 6.76. The summed E-state index contributed by atoms with van der Waals surface area (Å²) >= 11 is 0. The van der Waals surface area contributed by atoms with Crippen LogP contribution >= 0.6 is 0 Å². The number of rotatable bonds is 6. The summed E-state index contributed by atoms with van der Waals surface area (Å²) in [4.78, 5) is 36.6. The monoisotopic (exact) mass is 383 g/mol. The zero-order valence-electron chi connectivity index (χ0n) is 15.6. The molecular formula is C19H21N5O4. The van der Waals surface area contributed by atoms with Gasteiger partial charge in [0, 0.05) is 49.3 Å². The molecule has 9 heteroatoms. The molecule has 28 heavy (non-hydrogen) atoms. The molecule has 146 valence electrons. The van der Waals surface area contributed by atoms with Crippen molar-refractivity contribution in [3.8, 4) is 0 Å². The number of hydrogen-bond acceptors (Lipinski definition) is 5. The molecule has 1 aliphatic rings. The molecule has 3 amide bonds. The Morgan fingerprint density at radius 3 is 2.18 bits per heavy atom. The molecule has 0 unspecified atom stereocenters. The highest BCUT2D eigenvalue weighted by atomic mass is 16.6. The number of amides is 3. The van der Waals surface area contributed by atoms with Crippen molar-refractivity contribution in [3.63, 3.8) is 0 Å². The van der Waals surface area contributed by atoms with E-state index >= 15 is 0 Å². The summed E-state index contributed by atoms with van der Waals surface area (Å²) in [7, 11) is 3.51. The predicted octanol–water partition coefficient (Wildman–Crippen LogP) is 3.20. The molecule has 0 heterocycles. The van der Waals surface area contributed by atoms with Gasteiger partial charge in [0.15, 0.2) is 0 Å². The van der Waals surface area contributed by atoms with Gasteiger partial charge in [0.1, 0.15) is 0 Å². The van der Waals surface area contributed by atoms with E-state index in [0.29, 0.717) is 17.1 Å². The fraction of sp³-hybridized carbons (Fsp3) is 0.263. The van der Waals surface area contributed by atoms with Gasteiger partial charge in [-0.1, -0.05) is 0 Å². The Labute approximate surface area is 161 Å². The Hall–Kier alpha value is -3.62. The maximum Gasteiger partial charge on any atom is 0.319 e. The molecule has 0 aromatic heterocycles. The Balaban J connectivity index is 1.70. The lowest BCUT2D eigenvalue weighted by atomic mass is 10.1. The minimum Gasteiger partial charge on any atom is -0.377 e. The zero-order valence-corrected chi connectivity index (χ0v) is 15.6. The maximum atomic E-state index is 12.7. The summed E-state index contributed by atoms with van der Waals surface area (Å²) < 4.78 is 0. The third kappa shape index (κ3) is 4.76. The highest BCUT2D eigenvalue weighted by Crippen LogP contribution is 2.25. The minimum absolute atomic E-state index is 0.156. The molecule has 0 aliphatic heterocycles. The first kappa shape index (κ1) is 19.2. The second kappa shape index (κ2) is 7.95. The van der Waals surface area contributed by atoms with E-state index in [0.717, 1.165) is 12.8 Å². The van der Waals surface area contributed by atoms with Crippen LogP contribution in [0.3, 0.4) is 0 Å². The van der Waals surface area contributed by atoms with Crippen LogP contribution in [0.1, 0.15) is 23.2 Å². The van der Waals surface area contributed by atoms with E-state index in [9.17, 15) is 19.7 Å². The molecule has 1 saturated carbocycles. The van der Waals surface area contributed by atoms with Gasteiger partial charge in [-0.25, -0.2) is 4.79 Å². The lowest BCUT2D eigenvalue weighted by molar-refractivity contribution is -0.384. The maximum absolute atomic E-state index is 12.7. The first-order valence-electron chi connectivity index (χ1n) is 8.78. The van der Waals surface area contributed by atoms with Gasteiger partial charge in [0.25, 0.3) is 11.6 Å². The van der Waals surface area contributed by atoms with Gasteiger partial charge in [0.2, 0.25) is 0 Å². The highest BCUT2D eigenvalue weighted by Gasteiger charge is 2.23. The summed E-state index contributed by atoms with van der Waals surface area (Å²) in [5.74, 6) is -0.459. The topological polar surface area (TPSA) is 117 Å². The van der Waals surface area contributed by atoms with Crippen LogP contribution in [0, 0.1) is 10.1 Å². The van der Waals surface area contributed by atoms with Crippen LogP contribution < -0.4 is 20.9 Å². The van der Waals surface area contributed by atoms with Crippen molar-refractivity contribution >= 4 is 34.7 Å². The molecule has 0 radical (unpaired) electrons. The number of nitrogens with one attached hydrogen (secondary N) is 3. The molecule has 2 aromatic rings. The number of non-ortho nitro benzene ring substituents is 1. The van der Waals surface area contributed by atoms with E-state index in [4.69, 9.17) is 0 Å². The first-order chi connectivity index (χ1) is 13.3. The number of anilines is 3. The number of nitro groups is 1.